The van der Waals surface area contributed by atoms with Crippen molar-refractivity contribution in [3.63, 3.8) is 0 Å². The van der Waals surface area contributed by atoms with E-state index in [1.165, 1.54) is 24.0 Å². The summed E-state index contributed by atoms with van der Waals surface area (Å²) in [4.78, 5) is 0. The molecule has 0 aliphatic heterocycles. The predicted molar refractivity (Wildman–Crippen MR) is 129 cm³/mol. The number of hydrogen-bond donors (Lipinski definition) is 1. The number of nitrogens with one attached hydrogen (secondary N) is 1. The number of aryl methyl sites for hydroxylation is 1. The first-order valence-electron chi connectivity index (χ1n) is 11.3. The summed E-state index contributed by atoms with van der Waals surface area (Å²) < 4.78 is 17.6. The Labute approximate surface area is 184 Å². The molecule has 4 rings (SSSR count). The summed E-state index contributed by atoms with van der Waals surface area (Å²) in [5.41, 5.74) is 6.14. The first kappa shape index (κ1) is 21.3. The lowest BCUT2D eigenvalue weighted by molar-refractivity contribution is 0.634. The second-order valence-electron chi connectivity index (χ2n) is 8.25. The number of aromatic nitrogens is 1. The van der Waals surface area contributed by atoms with Crippen molar-refractivity contribution in [2.75, 3.05) is 13.1 Å². The number of hydrogen-bond acceptors (Lipinski definition) is 1. The highest BCUT2D eigenvalue weighted by Gasteiger charge is 2.19. The average Bonchev–Trinajstić information content (AvgIpc) is 3.07. The lowest BCUT2D eigenvalue weighted by Gasteiger charge is -2.13. The first-order valence-corrected chi connectivity index (χ1v) is 11.3. The van der Waals surface area contributed by atoms with Crippen molar-refractivity contribution in [1.82, 2.24) is 9.88 Å². The molecule has 4 aromatic rings. The molecule has 0 fully saturated rings. The third-order valence-electron chi connectivity index (χ3n) is 5.97. The van der Waals surface area contributed by atoms with Crippen molar-refractivity contribution in [2.24, 2.45) is 0 Å². The summed E-state index contributed by atoms with van der Waals surface area (Å²) in [6.45, 7) is 6.99. The molecule has 0 aliphatic rings. The molecule has 0 atom stereocenters. The molecule has 2 nitrogen and oxygen atoms in total. The molecule has 1 aromatic heterocycles. The van der Waals surface area contributed by atoms with Crippen LogP contribution in [0.2, 0.25) is 0 Å². The van der Waals surface area contributed by atoms with Gasteiger partial charge in [-0.1, -0.05) is 74.0 Å². The number of rotatable bonds is 9. The lowest BCUT2D eigenvalue weighted by Crippen LogP contribution is -2.18. The normalized spacial score (nSPS) is 11.3. The van der Waals surface area contributed by atoms with Crippen LogP contribution in [-0.2, 0) is 13.0 Å². The zero-order valence-electron chi connectivity index (χ0n) is 18.5. The van der Waals surface area contributed by atoms with Crippen LogP contribution in [-0.4, -0.2) is 17.7 Å². The topological polar surface area (TPSA) is 17.0 Å². The molecular weight excluding hydrogens is 383 g/mol. The number of nitrogens with zero attached hydrogens (tertiary/aromatic N) is 1. The van der Waals surface area contributed by atoms with Gasteiger partial charge in [0.25, 0.3) is 0 Å². The molecule has 0 amide bonds. The van der Waals surface area contributed by atoms with Gasteiger partial charge in [0.2, 0.25) is 0 Å². The minimum atomic E-state index is -0.139. The SMILES string of the molecule is CCCCNCCc1ccc(Cn2c(-c3ccccc3C)c(F)c3ccccc32)cc1. The fourth-order valence-corrected chi connectivity index (χ4v) is 4.18. The molecule has 3 aromatic carbocycles. The lowest BCUT2D eigenvalue weighted by atomic mass is 10.0. The molecule has 3 heteroatoms. The number of halogens is 1. The van der Waals surface area contributed by atoms with E-state index in [1.54, 1.807) is 0 Å². The van der Waals surface area contributed by atoms with Crippen LogP contribution in [0.25, 0.3) is 22.2 Å². The summed E-state index contributed by atoms with van der Waals surface area (Å²) >= 11 is 0. The van der Waals surface area contributed by atoms with Crippen LogP contribution in [0, 0.1) is 12.7 Å². The number of unbranched alkanes of at least 4 members (excludes halogenated alkanes) is 1. The Morgan fingerprint density at radius 2 is 1.55 bits per heavy atom. The average molecular weight is 415 g/mol. The van der Waals surface area contributed by atoms with E-state index < -0.39 is 0 Å². The quantitative estimate of drug-likeness (QED) is 0.300. The minimum Gasteiger partial charge on any atom is -0.334 e. The van der Waals surface area contributed by atoms with Crippen molar-refractivity contribution in [3.8, 4) is 11.3 Å². The molecule has 0 spiro atoms. The van der Waals surface area contributed by atoms with Crippen LogP contribution >= 0.6 is 0 Å². The molecule has 0 saturated heterocycles. The van der Waals surface area contributed by atoms with Crippen LogP contribution in [0.4, 0.5) is 4.39 Å². The molecule has 160 valence electrons. The van der Waals surface area contributed by atoms with E-state index in [2.05, 4.69) is 41.1 Å². The second kappa shape index (κ2) is 9.93. The molecule has 0 radical (unpaired) electrons. The molecule has 1 N–H and O–H groups in total. The summed E-state index contributed by atoms with van der Waals surface area (Å²) in [5, 5.41) is 4.17. The van der Waals surface area contributed by atoms with Gasteiger partial charge in [0.15, 0.2) is 5.82 Å². The Balaban J connectivity index is 1.61. The van der Waals surface area contributed by atoms with Gasteiger partial charge in [-0.15, -0.1) is 0 Å². The maximum Gasteiger partial charge on any atom is 0.156 e. The van der Waals surface area contributed by atoms with Gasteiger partial charge < -0.3 is 9.88 Å². The summed E-state index contributed by atoms with van der Waals surface area (Å²) in [6, 6.07) is 24.6. The Kier molecular flexibility index (Phi) is 6.83. The van der Waals surface area contributed by atoms with Gasteiger partial charge in [-0.05, 0) is 61.7 Å². The zero-order chi connectivity index (χ0) is 21.6. The molecule has 0 saturated carbocycles. The number of benzene rings is 3. The highest BCUT2D eigenvalue weighted by molar-refractivity contribution is 5.88. The van der Waals surface area contributed by atoms with E-state index in [4.69, 9.17) is 0 Å². The monoisotopic (exact) mass is 414 g/mol. The first-order chi connectivity index (χ1) is 15.2. The maximum atomic E-state index is 15.5. The standard InChI is InChI=1S/C28H31FN2/c1-3-4-18-30-19-17-22-13-15-23(16-14-22)20-31-26-12-8-7-11-25(26)27(29)28(31)24-10-6-5-9-21(24)2/h5-16,30H,3-4,17-20H2,1-2H3. The summed E-state index contributed by atoms with van der Waals surface area (Å²) in [5.74, 6) is -0.139. The van der Waals surface area contributed by atoms with Gasteiger partial charge in [-0.2, -0.15) is 0 Å². The third kappa shape index (κ3) is 4.72. The Morgan fingerprint density at radius 1 is 0.839 bits per heavy atom. The molecule has 0 bridgehead atoms. The van der Waals surface area contributed by atoms with E-state index >= 15 is 4.39 Å². The Morgan fingerprint density at radius 3 is 2.32 bits per heavy atom. The van der Waals surface area contributed by atoms with Crippen LogP contribution in [0.1, 0.15) is 36.5 Å². The van der Waals surface area contributed by atoms with Crippen LogP contribution < -0.4 is 5.32 Å². The number of para-hydroxylation sites is 1. The molecule has 1 heterocycles. The fraction of sp³-hybridized carbons (Fsp3) is 0.286. The predicted octanol–water partition coefficient (Wildman–Crippen LogP) is 6.74. The van der Waals surface area contributed by atoms with E-state index in [9.17, 15) is 0 Å². The van der Waals surface area contributed by atoms with E-state index in [0.717, 1.165) is 36.2 Å². The second-order valence-corrected chi connectivity index (χ2v) is 8.25. The van der Waals surface area contributed by atoms with Crippen molar-refractivity contribution in [2.45, 2.75) is 39.7 Å². The maximum absolute atomic E-state index is 15.5. The van der Waals surface area contributed by atoms with Gasteiger partial charge in [0.1, 0.15) is 0 Å². The summed E-state index contributed by atoms with van der Waals surface area (Å²) in [6.07, 6.45) is 3.48. The van der Waals surface area contributed by atoms with Crippen molar-refractivity contribution < 1.29 is 4.39 Å². The highest BCUT2D eigenvalue weighted by Crippen LogP contribution is 2.34. The molecule has 31 heavy (non-hydrogen) atoms. The Bertz CT molecular complexity index is 1140. The van der Waals surface area contributed by atoms with Gasteiger partial charge in [0.05, 0.1) is 11.2 Å². The van der Waals surface area contributed by atoms with E-state index in [0.29, 0.717) is 17.6 Å². The third-order valence-corrected chi connectivity index (χ3v) is 5.97. The van der Waals surface area contributed by atoms with Crippen molar-refractivity contribution in [1.29, 1.82) is 0 Å². The van der Waals surface area contributed by atoms with Crippen LogP contribution in [0.5, 0.6) is 0 Å². The van der Waals surface area contributed by atoms with Crippen LogP contribution in [0.3, 0.4) is 0 Å². The van der Waals surface area contributed by atoms with Gasteiger partial charge in [0, 0.05) is 17.5 Å². The molecule has 0 unspecified atom stereocenters. The fourth-order valence-electron chi connectivity index (χ4n) is 4.18. The van der Waals surface area contributed by atoms with Crippen molar-refractivity contribution in [3.05, 3.63) is 95.3 Å². The van der Waals surface area contributed by atoms with Gasteiger partial charge in [-0.25, -0.2) is 4.39 Å². The molecular formula is C28H31FN2. The van der Waals surface area contributed by atoms with E-state index in [1.807, 2.05) is 55.5 Å². The largest absolute Gasteiger partial charge is 0.334 e. The van der Waals surface area contributed by atoms with E-state index in [-0.39, 0.29) is 5.82 Å². The Hall–Kier alpha value is -2.91. The summed E-state index contributed by atoms with van der Waals surface area (Å²) in [7, 11) is 0. The van der Waals surface area contributed by atoms with Crippen molar-refractivity contribution >= 4 is 10.9 Å². The molecule has 0 aliphatic carbocycles. The highest BCUT2D eigenvalue weighted by atomic mass is 19.1. The van der Waals surface area contributed by atoms with Gasteiger partial charge >= 0.3 is 0 Å². The van der Waals surface area contributed by atoms with Crippen LogP contribution in [0.15, 0.2) is 72.8 Å². The van der Waals surface area contributed by atoms with Gasteiger partial charge in [-0.3, -0.25) is 0 Å². The minimum absolute atomic E-state index is 0.139. The zero-order valence-corrected chi connectivity index (χ0v) is 18.5. The smallest absolute Gasteiger partial charge is 0.156 e. The number of fused-ring (bicyclic) bond motifs is 1.